The van der Waals surface area contributed by atoms with E-state index in [0.717, 1.165) is 30.4 Å². The van der Waals surface area contributed by atoms with Crippen LogP contribution in [0.15, 0.2) is 48.5 Å². The first-order chi connectivity index (χ1) is 13.0. The number of likely N-dealkylation sites (tertiary alicyclic amines) is 1. The van der Waals surface area contributed by atoms with Gasteiger partial charge in [-0.2, -0.15) is 0 Å². The van der Waals surface area contributed by atoms with Gasteiger partial charge in [-0.15, -0.1) is 0 Å². The van der Waals surface area contributed by atoms with E-state index in [0.29, 0.717) is 18.5 Å². The van der Waals surface area contributed by atoms with Crippen LogP contribution in [-0.2, 0) is 4.74 Å². The minimum absolute atomic E-state index is 0.0310. The molecule has 1 saturated heterocycles. The second-order valence-electron chi connectivity index (χ2n) is 7.86. The second-order valence-corrected chi connectivity index (χ2v) is 7.86. The number of aryl methyl sites for hydroxylation is 1. The first-order valence-electron chi connectivity index (χ1n) is 9.74. The third kappa shape index (κ3) is 3.17. The first-order valence-corrected chi connectivity index (χ1v) is 9.74. The van der Waals surface area contributed by atoms with Crippen molar-refractivity contribution in [1.29, 1.82) is 0 Å². The summed E-state index contributed by atoms with van der Waals surface area (Å²) in [5.74, 6) is 0.0310. The number of carbonyl (C=O) groups excluding carboxylic acids is 1. The Kier molecular flexibility index (Phi) is 4.79. The molecule has 142 valence electrons. The first kappa shape index (κ1) is 18.2. The SMILES string of the molecule is CO[C@@]12CC[C@@H](O)C[C@@H]1N(C(=O)c1cccc(-c3ccccc3C)c1)CC2. The van der Waals surface area contributed by atoms with Gasteiger partial charge in [-0.3, -0.25) is 4.79 Å². The van der Waals surface area contributed by atoms with E-state index < -0.39 is 0 Å². The zero-order valence-electron chi connectivity index (χ0n) is 16.0. The van der Waals surface area contributed by atoms with Gasteiger partial charge in [0.05, 0.1) is 17.7 Å². The minimum atomic E-state index is -0.357. The van der Waals surface area contributed by atoms with Crippen LogP contribution in [-0.4, -0.2) is 47.3 Å². The summed E-state index contributed by atoms with van der Waals surface area (Å²) >= 11 is 0. The quantitative estimate of drug-likeness (QED) is 0.900. The molecule has 4 heteroatoms. The lowest BCUT2D eigenvalue weighted by molar-refractivity contribution is -0.0824. The molecule has 1 heterocycles. The van der Waals surface area contributed by atoms with E-state index in [-0.39, 0.29) is 23.7 Å². The van der Waals surface area contributed by atoms with Crippen LogP contribution in [0.4, 0.5) is 0 Å². The van der Waals surface area contributed by atoms with Crippen LogP contribution in [0.25, 0.3) is 11.1 Å². The van der Waals surface area contributed by atoms with Crippen molar-refractivity contribution in [1.82, 2.24) is 4.90 Å². The van der Waals surface area contributed by atoms with Gasteiger partial charge in [0, 0.05) is 19.2 Å². The molecule has 1 aliphatic heterocycles. The third-order valence-corrected chi connectivity index (χ3v) is 6.39. The largest absolute Gasteiger partial charge is 0.393 e. The number of rotatable bonds is 3. The normalized spacial score (nSPS) is 27.4. The Bertz CT molecular complexity index is 849. The molecule has 1 aliphatic carbocycles. The lowest BCUT2D eigenvalue weighted by atomic mass is 9.79. The van der Waals surface area contributed by atoms with Crippen LogP contribution < -0.4 is 0 Å². The summed E-state index contributed by atoms with van der Waals surface area (Å²) < 4.78 is 5.87. The van der Waals surface area contributed by atoms with Crippen molar-refractivity contribution in [2.45, 2.75) is 50.4 Å². The number of aliphatic hydroxyl groups excluding tert-OH is 1. The molecule has 0 bridgehead atoms. The number of benzene rings is 2. The predicted octanol–water partition coefficient (Wildman–Crippen LogP) is 3.81. The van der Waals surface area contributed by atoms with E-state index >= 15 is 0 Å². The maximum Gasteiger partial charge on any atom is 0.254 e. The van der Waals surface area contributed by atoms with E-state index in [1.807, 2.05) is 41.3 Å². The van der Waals surface area contributed by atoms with Crippen LogP contribution >= 0.6 is 0 Å². The molecule has 0 unspecified atom stereocenters. The number of methoxy groups -OCH3 is 1. The van der Waals surface area contributed by atoms with E-state index in [2.05, 4.69) is 19.1 Å². The van der Waals surface area contributed by atoms with Gasteiger partial charge in [0.1, 0.15) is 0 Å². The van der Waals surface area contributed by atoms with E-state index in [9.17, 15) is 9.90 Å². The molecular weight excluding hydrogens is 338 g/mol. The van der Waals surface area contributed by atoms with Crippen molar-refractivity contribution >= 4 is 5.91 Å². The van der Waals surface area contributed by atoms with Gasteiger partial charge >= 0.3 is 0 Å². The molecule has 1 saturated carbocycles. The van der Waals surface area contributed by atoms with Crippen LogP contribution in [0.5, 0.6) is 0 Å². The highest BCUT2D eigenvalue weighted by atomic mass is 16.5. The van der Waals surface area contributed by atoms with E-state index in [1.165, 1.54) is 5.56 Å². The molecule has 0 aromatic heterocycles. The van der Waals surface area contributed by atoms with Gasteiger partial charge in [0.2, 0.25) is 0 Å². The Balaban J connectivity index is 1.64. The van der Waals surface area contributed by atoms with Crippen molar-refractivity contribution < 1.29 is 14.6 Å². The number of aliphatic hydroxyl groups is 1. The number of hydrogen-bond donors (Lipinski definition) is 1. The maximum atomic E-state index is 13.3. The molecule has 2 aliphatic rings. The standard InChI is InChI=1S/C23H27NO3/c1-16-6-3-4-9-20(16)17-7-5-8-18(14-17)22(26)24-13-12-23(27-2)11-10-19(25)15-21(23)24/h3-9,14,19,21,25H,10-13,15H2,1-2H3/t19-,21+,23-/m1/s1. The fraction of sp³-hybridized carbons (Fsp3) is 0.435. The van der Waals surface area contributed by atoms with E-state index in [4.69, 9.17) is 4.74 Å². The summed E-state index contributed by atoms with van der Waals surface area (Å²) in [5.41, 5.74) is 3.79. The van der Waals surface area contributed by atoms with Crippen molar-refractivity contribution in [2.75, 3.05) is 13.7 Å². The van der Waals surface area contributed by atoms with Crippen molar-refractivity contribution in [3.63, 3.8) is 0 Å². The molecule has 1 N–H and O–H groups in total. The summed E-state index contributed by atoms with van der Waals surface area (Å²) in [5, 5.41) is 10.2. The molecule has 2 aromatic carbocycles. The Labute approximate surface area is 160 Å². The fourth-order valence-corrected chi connectivity index (χ4v) is 4.80. The monoisotopic (exact) mass is 365 g/mol. The van der Waals surface area contributed by atoms with Gasteiger partial charge in [0.15, 0.2) is 0 Å². The minimum Gasteiger partial charge on any atom is -0.393 e. The smallest absolute Gasteiger partial charge is 0.254 e. The average Bonchev–Trinajstić information content (AvgIpc) is 3.07. The zero-order chi connectivity index (χ0) is 19.0. The van der Waals surface area contributed by atoms with Gasteiger partial charge in [0.25, 0.3) is 5.91 Å². The topological polar surface area (TPSA) is 49.8 Å². The molecule has 4 nitrogen and oxygen atoms in total. The molecule has 1 amide bonds. The summed E-state index contributed by atoms with van der Waals surface area (Å²) in [6, 6.07) is 16.0. The number of carbonyl (C=O) groups is 1. The highest BCUT2D eigenvalue weighted by Crippen LogP contribution is 2.43. The van der Waals surface area contributed by atoms with Gasteiger partial charge in [-0.1, -0.05) is 36.4 Å². The van der Waals surface area contributed by atoms with Crippen LogP contribution in [0, 0.1) is 6.92 Å². The number of nitrogens with zero attached hydrogens (tertiary/aromatic N) is 1. The Morgan fingerprint density at radius 1 is 1.19 bits per heavy atom. The van der Waals surface area contributed by atoms with Crippen LogP contribution in [0.1, 0.15) is 41.6 Å². The number of hydrogen-bond acceptors (Lipinski definition) is 3. The van der Waals surface area contributed by atoms with Crippen molar-refractivity contribution in [2.24, 2.45) is 0 Å². The number of ether oxygens (including phenoxy) is 1. The van der Waals surface area contributed by atoms with Crippen molar-refractivity contribution in [3.05, 3.63) is 59.7 Å². The Morgan fingerprint density at radius 3 is 2.78 bits per heavy atom. The lowest BCUT2D eigenvalue weighted by Gasteiger charge is -2.42. The molecule has 27 heavy (non-hydrogen) atoms. The molecule has 0 spiro atoms. The summed E-state index contributed by atoms with van der Waals surface area (Å²) in [7, 11) is 1.73. The summed E-state index contributed by atoms with van der Waals surface area (Å²) in [6.07, 6.45) is 2.63. The van der Waals surface area contributed by atoms with Crippen LogP contribution in [0.2, 0.25) is 0 Å². The van der Waals surface area contributed by atoms with Gasteiger partial charge < -0.3 is 14.7 Å². The predicted molar refractivity (Wildman–Crippen MR) is 106 cm³/mol. The van der Waals surface area contributed by atoms with Crippen molar-refractivity contribution in [3.8, 4) is 11.1 Å². The second kappa shape index (κ2) is 7.10. The summed E-state index contributed by atoms with van der Waals surface area (Å²) in [4.78, 5) is 15.2. The summed E-state index contributed by atoms with van der Waals surface area (Å²) in [6.45, 7) is 2.76. The van der Waals surface area contributed by atoms with Gasteiger partial charge in [-0.25, -0.2) is 0 Å². The molecule has 2 aromatic rings. The maximum absolute atomic E-state index is 13.3. The Morgan fingerprint density at radius 2 is 2.00 bits per heavy atom. The average molecular weight is 365 g/mol. The zero-order valence-corrected chi connectivity index (χ0v) is 16.0. The molecule has 2 fully saturated rings. The molecule has 3 atom stereocenters. The number of amides is 1. The molecular formula is C23H27NO3. The lowest BCUT2D eigenvalue weighted by Crippen LogP contribution is -2.52. The molecule has 4 rings (SSSR count). The van der Waals surface area contributed by atoms with E-state index in [1.54, 1.807) is 7.11 Å². The number of fused-ring (bicyclic) bond motifs is 1. The van der Waals surface area contributed by atoms with Crippen LogP contribution in [0.3, 0.4) is 0 Å². The fourth-order valence-electron chi connectivity index (χ4n) is 4.80. The highest BCUT2D eigenvalue weighted by molar-refractivity contribution is 5.96. The molecule has 0 radical (unpaired) electrons. The van der Waals surface area contributed by atoms with Gasteiger partial charge in [-0.05, 0) is 61.4 Å². The third-order valence-electron chi connectivity index (χ3n) is 6.39. The highest BCUT2D eigenvalue weighted by Gasteiger charge is 2.52. The Hall–Kier alpha value is -2.17.